The van der Waals surface area contributed by atoms with Crippen molar-refractivity contribution in [3.05, 3.63) is 38.4 Å². The summed E-state index contributed by atoms with van der Waals surface area (Å²) in [5, 5.41) is 10.6. The van der Waals surface area contributed by atoms with Crippen molar-refractivity contribution in [2.45, 2.75) is 19.8 Å². The number of hydrogen-bond acceptors (Lipinski definition) is 3. The van der Waals surface area contributed by atoms with Gasteiger partial charge in [-0.15, -0.1) is 11.3 Å². The van der Waals surface area contributed by atoms with Gasteiger partial charge in [-0.1, -0.05) is 24.6 Å². The minimum atomic E-state index is -1.01. The maximum Gasteiger partial charge on any atom is 0.356 e. The van der Waals surface area contributed by atoms with E-state index < -0.39 is 5.97 Å². The molecule has 2 aromatic rings. The topological polar surface area (TPSA) is 50.2 Å². The molecule has 6 heteroatoms. The fourth-order valence-corrected chi connectivity index (χ4v) is 3.24. The number of carbonyl (C=O) groups is 1. The van der Waals surface area contributed by atoms with Gasteiger partial charge in [0.25, 0.3) is 0 Å². The van der Waals surface area contributed by atoms with Crippen molar-refractivity contribution in [3.8, 4) is 10.4 Å². The zero-order valence-corrected chi connectivity index (χ0v) is 13.3. The Labute approximate surface area is 128 Å². The fraction of sp³-hybridized carbons (Fsp3) is 0.231. The number of halogens is 2. The minimum absolute atomic E-state index is 0.104. The van der Waals surface area contributed by atoms with Crippen molar-refractivity contribution < 1.29 is 9.90 Å². The van der Waals surface area contributed by atoms with Gasteiger partial charge in [-0.3, -0.25) is 0 Å². The Morgan fingerprint density at radius 2 is 2.26 bits per heavy atom. The summed E-state index contributed by atoms with van der Waals surface area (Å²) in [7, 11) is 0. The molecule has 0 saturated carbocycles. The molecule has 100 valence electrons. The van der Waals surface area contributed by atoms with Gasteiger partial charge in [0, 0.05) is 4.47 Å². The van der Waals surface area contributed by atoms with Crippen LogP contribution in [0.4, 0.5) is 0 Å². The van der Waals surface area contributed by atoms with E-state index in [1.165, 1.54) is 11.3 Å². The molecule has 0 unspecified atom stereocenters. The number of hydrogen-bond donors (Lipinski definition) is 1. The summed E-state index contributed by atoms with van der Waals surface area (Å²) in [5.41, 5.74) is 0.886. The summed E-state index contributed by atoms with van der Waals surface area (Å²) in [6.45, 7) is 2.04. The molecule has 0 atom stereocenters. The van der Waals surface area contributed by atoms with Gasteiger partial charge in [0.2, 0.25) is 0 Å². The Kier molecular flexibility index (Phi) is 4.60. The Morgan fingerprint density at radius 1 is 1.53 bits per heavy atom. The minimum Gasteiger partial charge on any atom is -0.476 e. The van der Waals surface area contributed by atoms with Crippen LogP contribution in [0.15, 0.2) is 22.7 Å². The standard InChI is InChI=1S/C13H11BrClNO2S/c1-2-3-10-16-11(13(17)18)12(19-10)7-4-5-8(14)9(15)6-7/h4-6H,2-3H2,1H3,(H,17,18). The third kappa shape index (κ3) is 3.16. The first-order chi connectivity index (χ1) is 9.02. The third-order valence-electron chi connectivity index (χ3n) is 2.52. The van der Waals surface area contributed by atoms with Crippen LogP contribution in [0, 0.1) is 0 Å². The Hall–Kier alpha value is -0.910. The van der Waals surface area contributed by atoms with Gasteiger partial charge < -0.3 is 5.11 Å². The Bertz CT molecular complexity index is 627. The van der Waals surface area contributed by atoms with E-state index in [1.54, 1.807) is 6.07 Å². The molecule has 1 heterocycles. The zero-order valence-electron chi connectivity index (χ0n) is 10.1. The molecule has 3 nitrogen and oxygen atoms in total. The van der Waals surface area contributed by atoms with Gasteiger partial charge in [0.1, 0.15) is 0 Å². The van der Waals surface area contributed by atoms with E-state index in [-0.39, 0.29) is 5.69 Å². The van der Waals surface area contributed by atoms with Crippen LogP contribution in [0.1, 0.15) is 28.8 Å². The number of rotatable bonds is 4. The first-order valence-corrected chi connectivity index (χ1v) is 7.70. The number of aromatic carboxylic acids is 1. The highest BCUT2D eigenvalue weighted by Gasteiger charge is 2.19. The molecule has 2 rings (SSSR count). The molecule has 1 N–H and O–H groups in total. The van der Waals surface area contributed by atoms with Crippen molar-refractivity contribution in [2.75, 3.05) is 0 Å². The predicted octanol–water partition coefficient (Wildman–Crippen LogP) is 4.88. The maximum absolute atomic E-state index is 11.3. The lowest BCUT2D eigenvalue weighted by atomic mass is 10.1. The van der Waals surface area contributed by atoms with Crippen LogP contribution in [0.2, 0.25) is 5.02 Å². The predicted molar refractivity (Wildman–Crippen MR) is 81.2 cm³/mol. The molecule has 0 radical (unpaired) electrons. The average molecular weight is 361 g/mol. The molecule has 0 aliphatic carbocycles. The number of carboxylic acids is 1. The second-order valence-electron chi connectivity index (χ2n) is 3.97. The number of aryl methyl sites for hydroxylation is 1. The summed E-state index contributed by atoms with van der Waals surface area (Å²) < 4.78 is 0.785. The highest BCUT2D eigenvalue weighted by Crippen LogP contribution is 2.34. The fourth-order valence-electron chi connectivity index (χ4n) is 1.66. The Balaban J connectivity index is 2.53. The lowest BCUT2D eigenvalue weighted by molar-refractivity contribution is 0.0692. The Morgan fingerprint density at radius 3 is 2.84 bits per heavy atom. The zero-order chi connectivity index (χ0) is 14.0. The number of nitrogens with zero attached hydrogens (tertiary/aromatic N) is 1. The maximum atomic E-state index is 11.3. The van der Waals surface area contributed by atoms with E-state index in [0.29, 0.717) is 9.90 Å². The van der Waals surface area contributed by atoms with Gasteiger partial charge in [-0.25, -0.2) is 9.78 Å². The summed E-state index contributed by atoms with van der Waals surface area (Å²) in [5.74, 6) is -1.01. The summed E-state index contributed by atoms with van der Waals surface area (Å²) in [6.07, 6.45) is 1.72. The quantitative estimate of drug-likeness (QED) is 0.845. The summed E-state index contributed by atoms with van der Waals surface area (Å²) in [4.78, 5) is 16.1. The van der Waals surface area contributed by atoms with Crippen molar-refractivity contribution >= 4 is 44.8 Å². The van der Waals surface area contributed by atoms with Crippen LogP contribution in [0.25, 0.3) is 10.4 Å². The van der Waals surface area contributed by atoms with Gasteiger partial charge >= 0.3 is 5.97 Å². The molecule has 1 aromatic heterocycles. The highest BCUT2D eigenvalue weighted by atomic mass is 79.9. The molecule has 19 heavy (non-hydrogen) atoms. The molecular weight excluding hydrogens is 350 g/mol. The van der Waals surface area contributed by atoms with Gasteiger partial charge in [0.05, 0.1) is 14.9 Å². The van der Waals surface area contributed by atoms with Crippen LogP contribution in [0.5, 0.6) is 0 Å². The molecule has 0 aliphatic heterocycles. The number of thiazole rings is 1. The summed E-state index contributed by atoms with van der Waals surface area (Å²) >= 11 is 10.8. The molecular formula is C13H11BrClNO2S. The van der Waals surface area contributed by atoms with E-state index in [4.69, 9.17) is 11.6 Å². The van der Waals surface area contributed by atoms with Crippen molar-refractivity contribution in [1.29, 1.82) is 0 Å². The van der Waals surface area contributed by atoms with Gasteiger partial charge in [-0.05, 0) is 46.5 Å². The molecule has 0 spiro atoms. The largest absolute Gasteiger partial charge is 0.476 e. The van der Waals surface area contributed by atoms with Crippen LogP contribution in [-0.4, -0.2) is 16.1 Å². The molecule has 0 saturated heterocycles. The number of carboxylic acid groups (broad SMARTS) is 1. The van der Waals surface area contributed by atoms with Crippen LogP contribution < -0.4 is 0 Å². The number of benzene rings is 1. The highest BCUT2D eigenvalue weighted by molar-refractivity contribution is 9.10. The van der Waals surface area contributed by atoms with E-state index >= 15 is 0 Å². The lowest BCUT2D eigenvalue weighted by Gasteiger charge is -2.01. The van der Waals surface area contributed by atoms with Crippen LogP contribution in [0.3, 0.4) is 0 Å². The SMILES string of the molecule is CCCc1nc(C(=O)O)c(-c2ccc(Br)c(Cl)c2)s1. The first-order valence-electron chi connectivity index (χ1n) is 5.71. The van der Waals surface area contributed by atoms with E-state index in [0.717, 1.165) is 27.9 Å². The molecule has 0 bridgehead atoms. The molecule has 0 aliphatic rings. The van der Waals surface area contributed by atoms with Crippen molar-refractivity contribution in [3.63, 3.8) is 0 Å². The molecule has 0 amide bonds. The van der Waals surface area contributed by atoms with Crippen molar-refractivity contribution in [1.82, 2.24) is 4.98 Å². The third-order valence-corrected chi connectivity index (χ3v) is 4.92. The molecule has 1 aromatic carbocycles. The van der Waals surface area contributed by atoms with E-state index in [1.807, 2.05) is 19.1 Å². The first kappa shape index (κ1) is 14.5. The van der Waals surface area contributed by atoms with Gasteiger partial charge in [0.15, 0.2) is 5.69 Å². The van der Waals surface area contributed by atoms with Crippen molar-refractivity contribution in [2.24, 2.45) is 0 Å². The average Bonchev–Trinajstić information content (AvgIpc) is 2.77. The monoisotopic (exact) mass is 359 g/mol. The smallest absolute Gasteiger partial charge is 0.356 e. The summed E-state index contributed by atoms with van der Waals surface area (Å²) in [6, 6.07) is 5.40. The van der Waals surface area contributed by atoms with E-state index in [2.05, 4.69) is 20.9 Å². The van der Waals surface area contributed by atoms with Crippen LogP contribution >= 0.6 is 38.9 Å². The van der Waals surface area contributed by atoms with Gasteiger partial charge in [-0.2, -0.15) is 0 Å². The normalized spacial score (nSPS) is 10.7. The number of aromatic nitrogens is 1. The second kappa shape index (κ2) is 6.03. The van der Waals surface area contributed by atoms with Crippen LogP contribution in [-0.2, 0) is 6.42 Å². The lowest BCUT2D eigenvalue weighted by Crippen LogP contribution is -1.99. The molecule has 0 fully saturated rings. The second-order valence-corrected chi connectivity index (χ2v) is 6.31. The van der Waals surface area contributed by atoms with E-state index in [9.17, 15) is 9.90 Å².